The van der Waals surface area contributed by atoms with E-state index in [1.165, 1.54) is 53.0 Å². The number of anilines is 1. The summed E-state index contributed by atoms with van der Waals surface area (Å²) in [4.78, 5) is 51.8. The molecule has 52 heavy (non-hydrogen) atoms. The smallest absolute Gasteiger partial charge is 0.312 e. The van der Waals surface area contributed by atoms with Crippen LogP contribution in [0.2, 0.25) is 0 Å². The Morgan fingerprint density at radius 3 is 2.19 bits per heavy atom. The number of hydrogen-bond donors (Lipinski definition) is 6. The van der Waals surface area contributed by atoms with Crippen LogP contribution in [0.4, 0.5) is 5.69 Å². The maximum atomic E-state index is 14.0. The fourth-order valence-corrected chi connectivity index (χ4v) is 6.86. The quantitative estimate of drug-likeness (QED) is 0.111. The van der Waals surface area contributed by atoms with Crippen molar-refractivity contribution in [1.29, 1.82) is 0 Å². The summed E-state index contributed by atoms with van der Waals surface area (Å²) >= 11 is 0. The van der Waals surface area contributed by atoms with Gasteiger partial charge in [-0.05, 0) is 19.9 Å². The molecule has 2 aromatic rings. The van der Waals surface area contributed by atoms with Crippen molar-refractivity contribution in [2.75, 3.05) is 12.4 Å². The summed E-state index contributed by atoms with van der Waals surface area (Å²) in [5.41, 5.74) is -1.27. The van der Waals surface area contributed by atoms with Crippen LogP contribution in [0.25, 0.3) is 10.8 Å². The fourth-order valence-electron chi connectivity index (χ4n) is 6.86. The zero-order valence-corrected chi connectivity index (χ0v) is 30.6. The van der Waals surface area contributed by atoms with Crippen LogP contribution in [-0.2, 0) is 23.8 Å². The number of aliphatic hydroxyl groups excluding tert-OH is 2. The van der Waals surface area contributed by atoms with Gasteiger partial charge in [0.15, 0.2) is 12.0 Å². The number of ketones is 1. The number of carbonyl (C=O) groups excluding carboxylic acids is 4. The number of Topliss-reactive ketones (excluding diaryl/α,β-unsaturated/α-hetero) is 1. The average Bonchev–Trinajstić information content (AvgIpc) is 3.36. The second kappa shape index (κ2) is 15.4. The van der Waals surface area contributed by atoms with Crippen LogP contribution in [-0.4, -0.2) is 86.8 Å². The zero-order chi connectivity index (χ0) is 39.0. The van der Waals surface area contributed by atoms with Crippen molar-refractivity contribution in [2.45, 2.75) is 85.6 Å². The molecule has 3 heterocycles. The van der Waals surface area contributed by atoms with Crippen molar-refractivity contribution in [2.24, 2.45) is 23.7 Å². The average molecular weight is 726 g/mol. The minimum atomic E-state index is -2.08. The highest BCUT2D eigenvalue weighted by Gasteiger charge is 2.50. The van der Waals surface area contributed by atoms with E-state index >= 15 is 0 Å². The molecule has 0 aliphatic carbocycles. The van der Waals surface area contributed by atoms with Gasteiger partial charge < -0.3 is 49.8 Å². The Balaban J connectivity index is 1.93. The van der Waals surface area contributed by atoms with Gasteiger partial charge in [-0.25, -0.2) is 0 Å². The molecule has 2 aromatic carbocycles. The van der Waals surface area contributed by atoms with Crippen molar-refractivity contribution >= 4 is 40.4 Å². The molecule has 3 aliphatic rings. The summed E-state index contributed by atoms with van der Waals surface area (Å²) in [7, 11) is 1.41. The van der Waals surface area contributed by atoms with Crippen LogP contribution in [0.3, 0.4) is 0 Å². The summed E-state index contributed by atoms with van der Waals surface area (Å²) in [5, 5.41) is 58.2. The first kappa shape index (κ1) is 39.9. The minimum absolute atomic E-state index is 0.00425. The van der Waals surface area contributed by atoms with Crippen molar-refractivity contribution < 1.29 is 63.7 Å². The van der Waals surface area contributed by atoms with Crippen LogP contribution in [0.5, 0.6) is 23.0 Å². The minimum Gasteiger partial charge on any atom is -0.507 e. The SMILES string of the molecule is CO[C@H]1/C=C/O[C@@]2(C)Oc3c(C)c(O)c4c(O)c(c(C=O)c(O)c4c3C2=O)NC(=O)/C(C)=C\C=C\[C@@H](C)[C@@H](O)[C@@H](C)[C@H](O)[C@@H](C)[C@H](OC(C)=O)[C@@H]1C. The summed E-state index contributed by atoms with van der Waals surface area (Å²) in [6, 6.07) is 0. The summed E-state index contributed by atoms with van der Waals surface area (Å²) in [6.45, 7) is 12.2. The largest absolute Gasteiger partial charge is 0.507 e. The lowest BCUT2D eigenvalue weighted by molar-refractivity contribution is -0.160. The lowest BCUT2D eigenvalue weighted by Crippen LogP contribution is -2.46. The van der Waals surface area contributed by atoms with Crippen molar-refractivity contribution in [3.8, 4) is 23.0 Å². The molecule has 9 atom stereocenters. The molecule has 0 spiro atoms. The first-order valence-corrected chi connectivity index (χ1v) is 16.9. The highest BCUT2D eigenvalue weighted by molar-refractivity contribution is 6.23. The number of amides is 1. The lowest BCUT2D eigenvalue weighted by atomic mass is 9.78. The van der Waals surface area contributed by atoms with E-state index in [0.29, 0.717) is 0 Å². The second-order valence-electron chi connectivity index (χ2n) is 13.7. The second-order valence-corrected chi connectivity index (χ2v) is 13.7. The molecule has 5 bridgehead atoms. The lowest BCUT2D eigenvalue weighted by Gasteiger charge is -2.38. The Bertz CT molecular complexity index is 1860. The van der Waals surface area contributed by atoms with Crippen LogP contribution < -0.4 is 10.1 Å². The Labute approximate surface area is 301 Å². The Kier molecular flexibility index (Phi) is 11.8. The van der Waals surface area contributed by atoms with Gasteiger partial charge >= 0.3 is 11.8 Å². The van der Waals surface area contributed by atoms with E-state index in [0.717, 1.165) is 6.26 Å². The third-order valence-corrected chi connectivity index (χ3v) is 10.2. The molecule has 14 nitrogen and oxygen atoms in total. The highest BCUT2D eigenvalue weighted by atomic mass is 16.7. The summed E-state index contributed by atoms with van der Waals surface area (Å²) in [6.07, 6.45) is 3.41. The number of allylic oxidation sites excluding steroid dienone is 2. The van der Waals surface area contributed by atoms with E-state index in [9.17, 15) is 44.7 Å². The zero-order valence-electron chi connectivity index (χ0n) is 30.6. The van der Waals surface area contributed by atoms with E-state index < -0.39 is 111 Å². The van der Waals surface area contributed by atoms with Crippen LogP contribution in [0, 0.1) is 30.6 Å². The molecular weight excluding hydrogens is 678 g/mol. The van der Waals surface area contributed by atoms with Gasteiger partial charge in [0, 0.05) is 61.2 Å². The predicted octanol–water partition coefficient (Wildman–Crippen LogP) is 4.57. The van der Waals surface area contributed by atoms with Gasteiger partial charge in [-0.15, -0.1) is 0 Å². The number of aromatic hydroxyl groups is 3. The third-order valence-electron chi connectivity index (χ3n) is 10.2. The molecule has 0 fully saturated rings. The molecule has 6 N–H and O–H groups in total. The number of carbonyl (C=O) groups is 4. The molecule has 5 rings (SSSR count). The number of aliphatic hydroxyl groups is 2. The van der Waals surface area contributed by atoms with Gasteiger partial charge in [-0.2, -0.15) is 0 Å². The fraction of sp³-hybridized carbons (Fsp3) is 0.474. The van der Waals surface area contributed by atoms with Crippen molar-refractivity contribution in [3.05, 3.63) is 52.8 Å². The molecular formula is C38H47NO13. The highest BCUT2D eigenvalue weighted by Crippen LogP contribution is 2.55. The predicted molar refractivity (Wildman–Crippen MR) is 189 cm³/mol. The number of phenols is 3. The number of aldehydes is 1. The van der Waals surface area contributed by atoms with E-state index in [-0.39, 0.29) is 28.7 Å². The monoisotopic (exact) mass is 725 g/mol. The van der Waals surface area contributed by atoms with Gasteiger partial charge in [0.05, 0.1) is 46.8 Å². The topological polar surface area (TPSA) is 218 Å². The van der Waals surface area contributed by atoms with Gasteiger partial charge in [0.1, 0.15) is 23.4 Å². The van der Waals surface area contributed by atoms with Crippen LogP contribution in [0.15, 0.2) is 36.1 Å². The van der Waals surface area contributed by atoms with Crippen molar-refractivity contribution in [3.63, 3.8) is 0 Å². The van der Waals surface area contributed by atoms with Crippen LogP contribution in [0.1, 0.15) is 74.7 Å². The van der Waals surface area contributed by atoms with Gasteiger partial charge in [0.25, 0.3) is 11.7 Å². The Hall–Kier alpha value is -4.92. The van der Waals surface area contributed by atoms with E-state index in [2.05, 4.69) is 5.32 Å². The Morgan fingerprint density at radius 2 is 1.60 bits per heavy atom. The maximum Gasteiger partial charge on any atom is 0.312 e. The summed E-state index contributed by atoms with van der Waals surface area (Å²) in [5.74, 6) is -9.19. The van der Waals surface area contributed by atoms with Crippen molar-refractivity contribution in [1.82, 2.24) is 0 Å². The number of phenolic OH excluding ortho intramolecular Hbond substituents is 3. The number of hydrogen-bond acceptors (Lipinski definition) is 13. The molecule has 0 saturated heterocycles. The van der Waals surface area contributed by atoms with E-state index in [1.807, 2.05) is 0 Å². The number of fused-ring (bicyclic) bond motifs is 14. The first-order valence-electron chi connectivity index (χ1n) is 16.9. The molecule has 14 heteroatoms. The molecule has 0 saturated carbocycles. The number of methoxy groups -OCH3 is 1. The first-order chi connectivity index (χ1) is 24.3. The number of rotatable bonds is 3. The molecule has 3 aliphatic heterocycles. The van der Waals surface area contributed by atoms with Gasteiger partial charge in [-0.1, -0.05) is 45.9 Å². The number of esters is 1. The third kappa shape index (κ3) is 7.10. The summed E-state index contributed by atoms with van der Waals surface area (Å²) < 4.78 is 23.1. The molecule has 1 amide bonds. The molecule has 0 unspecified atom stereocenters. The van der Waals surface area contributed by atoms with Gasteiger partial charge in [-0.3, -0.25) is 19.2 Å². The van der Waals surface area contributed by atoms with E-state index in [4.69, 9.17) is 18.9 Å². The number of nitrogens with one attached hydrogen (secondary N) is 1. The van der Waals surface area contributed by atoms with Crippen LogP contribution >= 0.6 is 0 Å². The normalized spacial score (nSPS) is 32.3. The molecule has 0 aromatic heterocycles. The maximum absolute atomic E-state index is 14.0. The Morgan fingerprint density at radius 1 is 0.942 bits per heavy atom. The van der Waals surface area contributed by atoms with E-state index in [1.54, 1.807) is 33.8 Å². The molecule has 282 valence electrons. The number of ether oxygens (including phenoxy) is 4. The molecule has 0 radical (unpaired) electrons. The number of benzene rings is 2. The van der Waals surface area contributed by atoms with Gasteiger partial charge in [0.2, 0.25) is 0 Å². The standard InChI is InChI=1S/C38H47NO13/c1-16-11-10-12-17(2)37(48)39-28-23(15-40)32(45)25-26(33(28)46)31(44)21(6)35-27(25)36(47)38(8,52-35)50-14-13-24(49-9)18(3)34(51-22(7)41)20(5)30(43)19(4)29(16)42/h10-16,18-20,24,29-30,34,42-46H,1-9H3,(H,39,48)/b11-10+,14-13+,17-12-/t16-,18-,19-,20-,24+,29-,30+,34-,38+/m1/s1.